The van der Waals surface area contributed by atoms with E-state index in [1.165, 1.54) is 18.9 Å². The molecule has 1 aliphatic carbocycles. The number of aryl methyl sites for hydroxylation is 2. The molecule has 0 atom stereocenters. The second-order valence-electron chi connectivity index (χ2n) is 6.93. The number of imidazole rings is 1. The first-order chi connectivity index (χ1) is 12.0. The molecule has 1 aliphatic rings. The fourth-order valence-corrected chi connectivity index (χ4v) is 4.13. The zero-order valence-corrected chi connectivity index (χ0v) is 16.0. The Balaban J connectivity index is 1.93. The van der Waals surface area contributed by atoms with Gasteiger partial charge < -0.3 is 5.32 Å². The second-order valence-corrected chi connectivity index (χ2v) is 7.84. The van der Waals surface area contributed by atoms with Gasteiger partial charge in [0.25, 0.3) is 0 Å². The molecule has 0 bridgehead atoms. The van der Waals surface area contributed by atoms with Crippen LogP contribution in [0.4, 0.5) is 10.2 Å². The third kappa shape index (κ3) is 3.06. The number of nitrogens with zero attached hydrogens (tertiary/aromatic N) is 2. The van der Waals surface area contributed by atoms with E-state index in [4.69, 9.17) is 4.98 Å². The van der Waals surface area contributed by atoms with Crippen molar-refractivity contribution in [3.63, 3.8) is 0 Å². The van der Waals surface area contributed by atoms with Crippen LogP contribution in [0, 0.1) is 19.7 Å². The molecule has 25 heavy (non-hydrogen) atoms. The number of fused-ring (bicyclic) bond motifs is 1. The minimum Gasteiger partial charge on any atom is -0.367 e. The average molecular weight is 402 g/mol. The summed E-state index contributed by atoms with van der Waals surface area (Å²) in [7, 11) is 0. The molecule has 0 radical (unpaired) electrons. The number of hydrogen-bond donors (Lipinski definition) is 1. The summed E-state index contributed by atoms with van der Waals surface area (Å²) in [5, 5.41) is 3.66. The monoisotopic (exact) mass is 401 g/mol. The fraction of sp³-hybridized carbons (Fsp3) is 0.350. The Morgan fingerprint density at radius 3 is 2.64 bits per heavy atom. The minimum atomic E-state index is -0.262. The molecular formula is C20H21BrFN3. The molecule has 0 spiro atoms. The number of pyridine rings is 1. The van der Waals surface area contributed by atoms with Crippen LogP contribution < -0.4 is 5.32 Å². The molecule has 1 N–H and O–H groups in total. The van der Waals surface area contributed by atoms with Gasteiger partial charge in [-0.25, -0.2) is 9.37 Å². The van der Waals surface area contributed by atoms with E-state index in [1.54, 1.807) is 6.07 Å². The number of hydrogen-bond acceptors (Lipinski definition) is 2. The van der Waals surface area contributed by atoms with Crippen LogP contribution >= 0.6 is 15.9 Å². The smallest absolute Gasteiger partial charge is 0.139 e. The highest BCUT2D eigenvalue weighted by Gasteiger charge is 2.23. The molecule has 1 fully saturated rings. The summed E-state index contributed by atoms with van der Waals surface area (Å²) in [5.41, 5.74) is 4.34. The van der Waals surface area contributed by atoms with Crippen molar-refractivity contribution in [3.05, 3.63) is 51.9 Å². The highest BCUT2D eigenvalue weighted by molar-refractivity contribution is 9.10. The van der Waals surface area contributed by atoms with Crippen LogP contribution in [0.1, 0.15) is 36.9 Å². The lowest BCUT2D eigenvalue weighted by Gasteiger charge is -2.16. The number of rotatable bonds is 3. The van der Waals surface area contributed by atoms with Gasteiger partial charge in [0.05, 0.1) is 0 Å². The van der Waals surface area contributed by atoms with E-state index in [2.05, 4.69) is 45.6 Å². The van der Waals surface area contributed by atoms with E-state index in [1.807, 2.05) is 12.1 Å². The Bertz CT molecular complexity index is 942. The van der Waals surface area contributed by atoms with Gasteiger partial charge in [-0.05, 0) is 62.6 Å². The first-order valence-electron chi connectivity index (χ1n) is 8.74. The lowest BCUT2D eigenvalue weighted by molar-refractivity contribution is 0.630. The van der Waals surface area contributed by atoms with Crippen molar-refractivity contribution in [1.82, 2.24) is 9.38 Å². The molecule has 1 aromatic carbocycles. The Labute approximate surface area is 155 Å². The molecule has 0 aliphatic heterocycles. The average Bonchev–Trinajstić information content (AvgIpc) is 3.16. The van der Waals surface area contributed by atoms with Crippen LogP contribution in [0.3, 0.4) is 0 Å². The lowest BCUT2D eigenvalue weighted by Crippen LogP contribution is -2.17. The Morgan fingerprint density at radius 2 is 1.92 bits per heavy atom. The standard InChI is InChI=1S/C20H21BrFN3/c1-12-9-13(2)25-18(10-12)24-19(16-8-7-14(21)11-17(16)22)20(25)23-15-5-3-4-6-15/h7-11,15,23H,3-6H2,1-2H3. The molecule has 0 unspecified atom stereocenters. The van der Waals surface area contributed by atoms with Crippen molar-refractivity contribution in [1.29, 1.82) is 0 Å². The maximum Gasteiger partial charge on any atom is 0.139 e. The van der Waals surface area contributed by atoms with Crippen molar-refractivity contribution in [2.24, 2.45) is 0 Å². The maximum atomic E-state index is 14.6. The highest BCUT2D eigenvalue weighted by Crippen LogP contribution is 2.35. The Hall–Kier alpha value is -1.88. The van der Waals surface area contributed by atoms with Gasteiger partial charge in [-0.3, -0.25) is 4.40 Å². The zero-order chi connectivity index (χ0) is 17.6. The SMILES string of the molecule is Cc1cc(C)n2c(NC3CCCC3)c(-c3ccc(Br)cc3F)nc2c1. The van der Waals surface area contributed by atoms with Gasteiger partial charge >= 0.3 is 0 Å². The van der Waals surface area contributed by atoms with Gasteiger partial charge in [-0.2, -0.15) is 0 Å². The molecule has 3 aromatic rings. The molecule has 1 saturated carbocycles. The molecule has 2 heterocycles. The summed E-state index contributed by atoms with van der Waals surface area (Å²) in [6.45, 7) is 4.13. The summed E-state index contributed by atoms with van der Waals surface area (Å²) in [6.07, 6.45) is 4.80. The van der Waals surface area contributed by atoms with Crippen LogP contribution in [0.15, 0.2) is 34.8 Å². The van der Waals surface area contributed by atoms with E-state index in [-0.39, 0.29) is 5.82 Å². The molecule has 5 heteroatoms. The molecule has 2 aromatic heterocycles. The van der Waals surface area contributed by atoms with Crippen LogP contribution in [-0.2, 0) is 0 Å². The van der Waals surface area contributed by atoms with Crippen LogP contribution in [-0.4, -0.2) is 15.4 Å². The molecule has 4 rings (SSSR count). The third-order valence-electron chi connectivity index (χ3n) is 4.93. The van der Waals surface area contributed by atoms with Crippen molar-refractivity contribution in [2.45, 2.75) is 45.6 Å². The van der Waals surface area contributed by atoms with Gasteiger partial charge in [-0.1, -0.05) is 28.8 Å². The summed E-state index contributed by atoms with van der Waals surface area (Å²) in [6, 6.07) is 9.77. The Morgan fingerprint density at radius 1 is 1.16 bits per heavy atom. The molecule has 0 amide bonds. The number of benzene rings is 1. The fourth-order valence-electron chi connectivity index (χ4n) is 3.80. The summed E-state index contributed by atoms with van der Waals surface area (Å²) in [5.74, 6) is 0.641. The van der Waals surface area contributed by atoms with Crippen LogP contribution in [0.25, 0.3) is 16.9 Å². The van der Waals surface area contributed by atoms with E-state index < -0.39 is 0 Å². The van der Waals surface area contributed by atoms with Crippen LogP contribution in [0.2, 0.25) is 0 Å². The summed E-state index contributed by atoms with van der Waals surface area (Å²) >= 11 is 3.33. The predicted octanol–water partition coefficient (Wildman–Crippen LogP) is 5.87. The summed E-state index contributed by atoms with van der Waals surface area (Å²) < 4.78 is 17.5. The first-order valence-corrected chi connectivity index (χ1v) is 9.54. The predicted molar refractivity (Wildman–Crippen MR) is 104 cm³/mol. The highest BCUT2D eigenvalue weighted by atomic mass is 79.9. The largest absolute Gasteiger partial charge is 0.367 e. The maximum absolute atomic E-state index is 14.6. The van der Waals surface area contributed by atoms with Gasteiger partial charge in [-0.15, -0.1) is 0 Å². The first kappa shape index (κ1) is 16.6. The van der Waals surface area contributed by atoms with Crippen molar-refractivity contribution >= 4 is 27.4 Å². The molecular weight excluding hydrogens is 381 g/mol. The summed E-state index contributed by atoms with van der Waals surface area (Å²) in [4.78, 5) is 4.78. The molecule has 0 saturated heterocycles. The van der Waals surface area contributed by atoms with Gasteiger partial charge in [0.2, 0.25) is 0 Å². The quantitative estimate of drug-likeness (QED) is 0.593. The zero-order valence-electron chi connectivity index (χ0n) is 14.4. The lowest BCUT2D eigenvalue weighted by atomic mass is 10.1. The van der Waals surface area contributed by atoms with E-state index >= 15 is 0 Å². The van der Waals surface area contributed by atoms with Crippen LogP contribution in [0.5, 0.6) is 0 Å². The number of anilines is 1. The normalized spacial score (nSPS) is 15.2. The molecule has 130 valence electrons. The second kappa shape index (κ2) is 6.45. The third-order valence-corrected chi connectivity index (χ3v) is 5.42. The van der Waals surface area contributed by atoms with Crippen molar-refractivity contribution < 1.29 is 4.39 Å². The van der Waals surface area contributed by atoms with Gasteiger partial charge in [0.15, 0.2) is 0 Å². The van der Waals surface area contributed by atoms with Gasteiger partial charge in [0.1, 0.15) is 23.0 Å². The number of nitrogens with one attached hydrogen (secondary N) is 1. The van der Waals surface area contributed by atoms with Crippen molar-refractivity contribution in [3.8, 4) is 11.3 Å². The minimum absolute atomic E-state index is 0.262. The van der Waals surface area contributed by atoms with Crippen molar-refractivity contribution in [2.75, 3.05) is 5.32 Å². The van der Waals surface area contributed by atoms with Gasteiger partial charge in [0, 0.05) is 21.8 Å². The number of aromatic nitrogens is 2. The van der Waals surface area contributed by atoms with E-state index in [0.717, 1.165) is 40.0 Å². The van der Waals surface area contributed by atoms with E-state index in [9.17, 15) is 4.39 Å². The molecule has 3 nitrogen and oxygen atoms in total. The van der Waals surface area contributed by atoms with E-state index in [0.29, 0.717) is 17.3 Å². The Kier molecular flexibility index (Phi) is 4.28. The number of halogens is 2. The topological polar surface area (TPSA) is 29.3 Å².